The molecule has 37 heavy (non-hydrogen) atoms. The molecule has 196 valence electrons. The largest absolute Gasteiger partial charge is 0.457 e. The Morgan fingerprint density at radius 1 is 1.14 bits per heavy atom. The first-order valence-corrected chi connectivity index (χ1v) is 13.4. The number of anilines is 1. The Morgan fingerprint density at radius 2 is 1.89 bits per heavy atom. The summed E-state index contributed by atoms with van der Waals surface area (Å²) >= 11 is 0. The van der Waals surface area contributed by atoms with Crippen molar-refractivity contribution in [1.82, 2.24) is 9.62 Å². The molecule has 3 aromatic rings. The van der Waals surface area contributed by atoms with Crippen LogP contribution in [0.4, 0.5) is 5.69 Å². The van der Waals surface area contributed by atoms with Gasteiger partial charge < -0.3 is 24.7 Å². The smallest absolute Gasteiger partial charge is 0.250 e. The van der Waals surface area contributed by atoms with Gasteiger partial charge in [-0.3, -0.25) is 4.90 Å². The average Bonchev–Trinajstić information content (AvgIpc) is 3.39. The van der Waals surface area contributed by atoms with E-state index in [-0.39, 0.29) is 5.76 Å². The van der Waals surface area contributed by atoms with Gasteiger partial charge in [0.1, 0.15) is 17.6 Å². The summed E-state index contributed by atoms with van der Waals surface area (Å²) in [5.41, 5.74) is 1.86. The molecule has 2 aromatic carbocycles. The van der Waals surface area contributed by atoms with Gasteiger partial charge in [-0.05, 0) is 41.1 Å². The fourth-order valence-corrected chi connectivity index (χ4v) is 4.88. The fraction of sp³-hybridized carbons (Fsp3) is 0.346. The zero-order valence-corrected chi connectivity index (χ0v) is 21.1. The summed E-state index contributed by atoms with van der Waals surface area (Å²) in [6.45, 7) is 4.31. The highest BCUT2D eigenvalue weighted by Gasteiger charge is 2.19. The Balaban J connectivity index is 1.43. The maximum atomic E-state index is 12.3. The van der Waals surface area contributed by atoms with Crippen LogP contribution in [0.2, 0.25) is 0 Å². The molecular weight excluding hydrogens is 496 g/mol. The van der Waals surface area contributed by atoms with Crippen molar-refractivity contribution < 1.29 is 27.8 Å². The quantitative estimate of drug-likeness (QED) is 0.275. The van der Waals surface area contributed by atoms with Crippen LogP contribution < -0.4 is 10.0 Å². The van der Waals surface area contributed by atoms with E-state index in [2.05, 4.69) is 21.0 Å². The molecule has 0 amide bonds. The summed E-state index contributed by atoms with van der Waals surface area (Å²) < 4.78 is 37.9. The van der Waals surface area contributed by atoms with Gasteiger partial charge in [0.05, 0.1) is 25.9 Å². The van der Waals surface area contributed by atoms with Crippen molar-refractivity contribution >= 4 is 32.6 Å². The monoisotopic (exact) mass is 526 g/mol. The molecule has 1 fully saturated rings. The number of nitriles is 1. The van der Waals surface area contributed by atoms with Crippen LogP contribution in [-0.4, -0.2) is 82.2 Å². The van der Waals surface area contributed by atoms with Gasteiger partial charge >= 0.3 is 0 Å². The van der Waals surface area contributed by atoms with Crippen LogP contribution in [0.5, 0.6) is 0 Å². The number of hydrogen-bond donors (Lipinski definition) is 4. The van der Waals surface area contributed by atoms with Crippen molar-refractivity contribution in [3.8, 4) is 17.4 Å². The van der Waals surface area contributed by atoms with Crippen LogP contribution in [0.15, 0.2) is 57.9 Å². The number of ether oxygens (including phenoxy) is 1. The number of hydrogen-bond acceptors (Lipinski definition) is 9. The minimum absolute atomic E-state index is 0.194. The molecule has 1 aliphatic rings. The summed E-state index contributed by atoms with van der Waals surface area (Å²) in [4.78, 5) is 1.81. The van der Waals surface area contributed by atoms with E-state index in [0.717, 1.165) is 67.5 Å². The molecule has 4 N–H and O–H groups in total. The molecule has 1 atom stereocenters. The van der Waals surface area contributed by atoms with Gasteiger partial charge in [-0.1, -0.05) is 18.2 Å². The van der Waals surface area contributed by atoms with Crippen LogP contribution in [0.3, 0.4) is 0 Å². The van der Waals surface area contributed by atoms with E-state index in [4.69, 9.17) is 14.3 Å². The van der Waals surface area contributed by atoms with Gasteiger partial charge in [0.25, 0.3) is 10.0 Å². The van der Waals surface area contributed by atoms with E-state index in [1.54, 1.807) is 18.2 Å². The Bertz CT molecular complexity index is 1390. The highest BCUT2D eigenvalue weighted by molar-refractivity contribution is 7.93. The molecule has 1 saturated heterocycles. The van der Waals surface area contributed by atoms with Crippen molar-refractivity contribution in [2.75, 3.05) is 57.9 Å². The van der Waals surface area contributed by atoms with Crippen molar-refractivity contribution in [2.45, 2.75) is 6.10 Å². The predicted molar refractivity (Wildman–Crippen MR) is 141 cm³/mol. The topological polar surface area (TPSA) is 148 Å². The molecule has 0 saturated carbocycles. The first-order valence-electron chi connectivity index (χ1n) is 12.0. The molecule has 1 unspecified atom stereocenters. The summed E-state index contributed by atoms with van der Waals surface area (Å²) in [5, 5.41) is 33.1. The molecule has 4 rings (SSSR count). The standard InChI is InChI=1S/C26H30N4O6S/c27-16-25(37(33,34)29-17-23(32)18-31)15-24-5-6-26(36-24)21-2-1-20-14-22(4-3-19(20)13-21)28-7-8-30-9-11-35-12-10-30/h1-6,13-15,23,28-29,31-32H,7-12,17-18H2. The van der Waals surface area contributed by atoms with Crippen LogP contribution in [0.1, 0.15) is 5.76 Å². The predicted octanol–water partition coefficient (Wildman–Crippen LogP) is 1.98. The normalized spacial score (nSPS) is 16.0. The summed E-state index contributed by atoms with van der Waals surface area (Å²) in [7, 11) is -4.17. The number of sulfonamides is 1. The molecular formula is C26H30N4O6S. The second kappa shape index (κ2) is 12.3. The third-order valence-corrected chi connectivity index (χ3v) is 7.34. The molecule has 0 spiro atoms. The third kappa shape index (κ3) is 7.17. The first kappa shape index (κ1) is 26.8. The second-order valence-corrected chi connectivity index (χ2v) is 10.4. The van der Waals surface area contributed by atoms with Crippen LogP contribution >= 0.6 is 0 Å². The summed E-state index contributed by atoms with van der Waals surface area (Å²) in [6.07, 6.45) is -0.146. The van der Waals surface area contributed by atoms with Gasteiger partial charge in [0.2, 0.25) is 0 Å². The van der Waals surface area contributed by atoms with Gasteiger partial charge in [-0.2, -0.15) is 5.26 Å². The van der Waals surface area contributed by atoms with E-state index >= 15 is 0 Å². The molecule has 0 aliphatic carbocycles. The Labute approximate surface area is 215 Å². The Kier molecular flexibility index (Phi) is 8.94. The van der Waals surface area contributed by atoms with Crippen molar-refractivity contribution in [2.24, 2.45) is 0 Å². The molecule has 0 radical (unpaired) electrons. The number of benzene rings is 2. The number of nitrogens with zero attached hydrogens (tertiary/aromatic N) is 2. The van der Waals surface area contributed by atoms with Gasteiger partial charge in [0, 0.05) is 50.1 Å². The number of aliphatic hydroxyl groups excluding tert-OH is 2. The van der Waals surface area contributed by atoms with Gasteiger partial charge in [-0.25, -0.2) is 13.1 Å². The van der Waals surface area contributed by atoms with Crippen LogP contribution in [0.25, 0.3) is 28.2 Å². The molecule has 0 bridgehead atoms. The number of morpholine rings is 1. The number of nitrogens with one attached hydrogen (secondary N) is 2. The Morgan fingerprint density at radius 3 is 2.65 bits per heavy atom. The first-order chi connectivity index (χ1) is 17.9. The van der Waals surface area contributed by atoms with Crippen molar-refractivity contribution in [3.63, 3.8) is 0 Å². The van der Waals surface area contributed by atoms with E-state index in [9.17, 15) is 18.8 Å². The van der Waals surface area contributed by atoms with Crippen molar-refractivity contribution in [3.05, 3.63) is 59.2 Å². The summed E-state index contributed by atoms with van der Waals surface area (Å²) in [5.74, 6) is 0.721. The zero-order valence-electron chi connectivity index (χ0n) is 20.3. The van der Waals surface area contributed by atoms with E-state index in [0.29, 0.717) is 5.76 Å². The SMILES string of the molecule is N#CC(=Cc1ccc(-c2ccc3cc(NCCN4CCOCC4)ccc3c2)o1)S(=O)(=O)NCC(O)CO. The lowest BCUT2D eigenvalue weighted by Crippen LogP contribution is -2.38. The highest BCUT2D eigenvalue weighted by Crippen LogP contribution is 2.28. The minimum atomic E-state index is -4.17. The lowest BCUT2D eigenvalue weighted by Gasteiger charge is -2.26. The summed E-state index contributed by atoms with van der Waals surface area (Å²) in [6, 6.07) is 17.0. The second-order valence-electron chi connectivity index (χ2n) is 8.67. The lowest BCUT2D eigenvalue weighted by molar-refractivity contribution is 0.0398. The van der Waals surface area contributed by atoms with Crippen molar-refractivity contribution in [1.29, 1.82) is 5.26 Å². The molecule has 10 nitrogen and oxygen atoms in total. The maximum absolute atomic E-state index is 12.3. The minimum Gasteiger partial charge on any atom is -0.457 e. The zero-order chi connectivity index (χ0) is 26.3. The van der Waals surface area contributed by atoms with E-state index in [1.165, 1.54) is 0 Å². The number of aliphatic hydroxyl groups is 2. The number of furan rings is 1. The van der Waals surface area contributed by atoms with Crippen LogP contribution in [-0.2, 0) is 14.8 Å². The lowest BCUT2D eigenvalue weighted by atomic mass is 10.0. The number of allylic oxidation sites excluding steroid dienone is 1. The van der Waals surface area contributed by atoms with E-state index < -0.39 is 34.2 Å². The molecule has 2 heterocycles. The third-order valence-electron chi connectivity index (χ3n) is 6.01. The number of rotatable bonds is 11. The molecule has 1 aliphatic heterocycles. The fourth-order valence-electron chi connectivity index (χ4n) is 3.92. The maximum Gasteiger partial charge on any atom is 0.250 e. The van der Waals surface area contributed by atoms with Crippen LogP contribution in [0, 0.1) is 11.3 Å². The van der Waals surface area contributed by atoms with Gasteiger partial charge in [-0.15, -0.1) is 0 Å². The molecule has 11 heteroatoms. The average molecular weight is 527 g/mol. The van der Waals surface area contributed by atoms with E-state index in [1.807, 2.05) is 30.3 Å². The Hall–Kier alpha value is -3.24. The highest BCUT2D eigenvalue weighted by atomic mass is 32.2. The van der Waals surface area contributed by atoms with Gasteiger partial charge in [0.15, 0.2) is 4.91 Å². The molecule has 1 aromatic heterocycles. The number of fused-ring (bicyclic) bond motifs is 1.